The van der Waals surface area contributed by atoms with E-state index in [1.54, 1.807) is 10.4 Å². The van der Waals surface area contributed by atoms with Crippen LogP contribution in [0.4, 0.5) is 0 Å². The molecule has 0 nitrogen and oxygen atoms in total. The summed E-state index contributed by atoms with van der Waals surface area (Å²) >= 11 is 1.93. The van der Waals surface area contributed by atoms with Crippen molar-refractivity contribution in [2.24, 2.45) is 11.3 Å². The fourth-order valence-electron chi connectivity index (χ4n) is 2.39. The van der Waals surface area contributed by atoms with Gasteiger partial charge in [-0.1, -0.05) is 33.4 Å². The van der Waals surface area contributed by atoms with Gasteiger partial charge < -0.3 is 0 Å². The molecule has 0 N–H and O–H groups in total. The lowest BCUT2D eigenvalue weighted by atomic mass is 9.72. The van der Waals surface area contributed by atoms with Gasteiger partial charge in [0.2, 0.25) is 0 Å². The van der Waals surface area contributed by atoms with Crippen molar-refractivity contribution in [1.29, 1.82) is 0 Å². The molecule has 1 heterocycles. The Hall–Kier alpha value is -0.560. The number of rotatable bonds is 1. The fraction of sp³-hybridized carbons (Fsp3) is 0.571. The van der Waals surface area contributed by atoms with Crippen molar-refractivity contribution < 1.29 is 0 Å². The molecular formula is C14H20S. The minimum absolute atomic E-state index is 0.452. The lowest BCUT2D eigenvalue weighted by Crippen LogP contribution is -2.26. The van der Waals surface area contributed by atoms with Crippen LogP contribution in [0.15, 0.2) is 12.6 Å². The van der Waals surface area contributed by atoms with E-state index in [-0.39, 0.29) is 0 Å². The van der Waals surface area contributed by atoms with Crippen molar-refractivity contribution in [3.63, 3.8) is 0 Å². The van der Waals surface area contributed by atoms with Gasteiger partial charge in [0.15, 0.2) is 0 Å². The SMILES string of the molecule is C=Cc1cc2c(s1)CCC(C(C)(C)C)C2. The van der Waals surface area contributed by atoms with Gasteiger partial charge in [-0.2, -0.15) is 0 Å². The molecule has 0 amide bonds. The second-order valence-corrected chi connectivity index (χ2v) is 6.78. The third-order valence-corrected chi connectivity index (χ3v) is 4.76. The van der Waals surface area contributed by atoms with E-state index in [0.29, 0.717) is 5.41 Å². The van der Waals surface area contributed by atoms with Gasteiger partial charge in [0.1, 0.15) is 0 Å². The number of fused-ring (bicyclic) bond motifs is 1. The predicted octanol–water partition coefficient (Wildman–Crippen LogP) is 4.54. The van der Waals surface area contributed by atoms with Crippen molar-refractivity contribution in [3.8, 4) is 0 Å². The maximum atomic E-state index is 3.85. The first-order valence-electron chi connectivity index (χ1n) is 5.74. The zero-order valence-electron chi connectivity index (χ0n) is 9.97. The largest absolute Gasteiger partial charge is 0.141 e. The molecule has 2 rings (SSSR count). The van der Waals surface area contributed by atoms with Crippen LogP contribution in [0.3, 0.4) is 0 Å². The molecule has 1 unspecified atom stereocenters. The Bertz CT molecular complexity index is 365. The van der Waals surface area contributed by atoms with Crippen LogP contribution >= 0.6 is 11.3 Å². The molecule has 1 aromatic heterocycles. The van der Waals surface area contributed by atoms with Gasteiger partial charge in [0.25, 0.3) is 0 Å². The van der Waals surface area contributed by atoms with Crippen LogP contribution in [0.25, 0.3) is 6.08 Å². The second-order valence-electron chi connectivity index (χ2n) is 5.61. The third kappa shape index (κ3) is 2.17. The first-order chi connectivity index (χ1) is 7.00. The number of aryl methyl sites for hydroxylation is 1. The Kier molecular flexibility index (Phi) is 2.76. The Balaban J connectivity index is 2.23. The van der Waals surface area contributed by atoms with Gasteiger partial charge in [0.05, 0.1) is 0 Å². The molecule has 0 aromatic carbocycles. The monoisotopic (exact) mass is 220 g/mol. The molecular weight excluding hydrogens is 200 g/mol. The maximum absolute atomic E-state index is 3.85. The summed E-state index contributed by atoms with van der Waals surface area (Å²) in [4.78, 5) is 2.94. The lowest BCUT2D eigenvalue weighted by Gasteiger charge is -2.33. The van der Waals surface area contributed by atoms with Crippen LogP contribution in [-0.2, 0) is 12.8 Å². The molecule has 0 saturated heterocycles. The molecule has 0 radical (unpaired) electrons. The van der Waals surface area contributed by atoms with Crippen LogP contribution in [0.5, 0.6) is 0 Å². The van der Waals surface area contributed by atoms with Gasteiger partial charge in [-0.05, 0) is 42.2 Å². The summed E-state index contributed by atoms with van der Waals surface area (Å²) in [6.45, 7) is 10.9. The molecule has 1 atom stereocenters. The van der Waals surface area contributed by atoms with E-state index < -0.39 is 0 Å². The normalized spacial score (nSPS) is 21.1. The third-order valence-electron chi connectivity index (χ3n) is 3.53. The molecule has 82 valence electrons. The summed E-state index contributed by atoms with van der Waals surface area (Å²) in [7, 11) is 0. The first-order valence-corrected chi connectivity index (χ1v) is 6.56. The highest BCUT2D eigenvalue weighted by Crippen LogP contribution is 2.40. The zero-order chi connectivity index (χ0) is 11.1. The molecule has 15 heavy (non-hydrogen) atoms. The lowest BCUT2D eigenvalue weighted by molar-refractivity contribution is 0.217. The number of thiophene rings is 1. The Labute approximate surface area is 97.0 Å². The van der Waals surface area contributed by atoms with Crippen LogP contribution in [0, 0.1) is 11.3 Å². The van der Waals surface area contributed by atoms with Crippen molar-refractivity contribution in [3.05, 3.63) is 28.0 Å². The summed E-state index contributed by atoms with van der Waals surface area (Å²) in [6, 6.07) is 2.34. The standard InChI is InChI=1S/C14H20S/c1-5-12-9-10-8-11(14(2,3)4)6-7-13(10)15-12/h5,9,11H,1,6-8H2,2-4H3. The van der Waals surface area contributed by atoms with Gasteiger partial charge in [-0.3, -0.25) is 0 Å². The van der Waals surface area contributed by atoms with Crippen LogP contribution < -0.4 is 0 Å². The molecule has 0 saturated carbocycles. The number of hydrogen-bond acceptors (Lipinski definition) is 1. The van der Waals surface area contributed by atoms with Crippen LogP contribution in [0.2, 0.25) is 0 Å². The number of hydrogen-bond donors (Lipinski definition) is 0. The molecule has 0 bridgehead atoms. The van der Waals surface area contributed by atoms with E-state index in [1.165, 1.54) is 24.1 Å². The summed E-state index contributed by atoms with van der Waals surface area (Å²) < 4.78 is 0. The maximum Gasteiger partial charge on any atom is 0.0270 e. The van der Waals surface area contributed by atoms with E-state index in [4.69, 9.17) is 0 Å². The highest BCUT2D eigenvalue weighted by molar-refractivity contribution is 7.13. The fourth-order valence-corrected chi connectivity index (χ4v) is 3.45. The Morgan fingerprint density at radius 1 is 1.47 bits per heavy atom. The van der Waals surface area contributed by atoms with E-state index in [9.17, 15) is 0 Å². The van der Waals surface area contributed by atoms with Crippen molar-refractivity contribution in [1.82, 2.24) is 0 Å². The van der Waals surface area contributed by atoms with E-state index in [1.807, 2.05) is 17.4 Å². The van der Waals surface area contributed by atoms with Gasteiger partial charge in [0, 0.05) is 9.75 Å². The van der Waals surface area contributed by atoms with Gasteiger partial charge in [-0.15, -0.1) is 11.3 Å². The van der Waals surface area contributed by atoms with Gasteiger partial charge >= 0.3 is 0 Å². The summed E-state index contributed by atoms with van der Waals surface area (Å²) in [5.41, 5.74) is 2.04. The Morgan fingerprint density at radius 2 is 2.20 bits per heavy atom. The molecule has 0 fully saturated rings. The molecule has 1 heteroatoms. The van der Waals surface area contributed by atoms with Crippen molar-refractivity contribution in [2.75, 3.05) is 0 Å². The highest BCUT2D eigenvalue weighted by Gasteiger charge is 2.29. The summed E-state index contributed by atoms with van der Waals surface area (Å²) in [6.07, 6.45) is 5.88. The van der Waals surface area contributed by atoms with Gasteiger partial charge in [-0.25, -0.2) is 0 Å². The minimum atomic E-state index is 0.452. The zero-order valence-corrected chi connectivity index (χ0v) is 10.8. The minimum Gasteiger partial charge on any atom is -0.141 e. The van der Waals surface area contributed by atoms with Crippen LogP contribution in [-0.4, -0.2) is 0 Å². The van der Waals surface area contributed by atoms with Crippen LogP contribution in [0.1, 0.15) is 42.5 Å². The molecule has 0 spiro atoms. The summed E-state index contributed by atoms with van der Waals surface area (Å²) in [5, 5.41) is 0. The molecule has 1 aliphatic rings. The van der Waals surface area contributed by atoms with E-state index >= 15 is 0 Å². The van der Waals surface area contributed by atoms with E-state index in [2.05, 4.69) is 33.4 Å². The quantitative estimate of drug-likeness (QED) is 0.651. The van der Waals surface area contributed by atoms with E-state index in [0.717, 1.165) is 5.92 Å². The molecule has 1 aromatic rings. The second kappa shape index (κ2) is 3.79. The average Bonchev–Trinajstić information content (AvgIpc) is 2.57. The highest BCUT2D eigenvalue weighted by atomic mass is 32.1. The Morgan fingerprint density at radius 3 is 2.80 bits per heavy atom. The summed E-state index contributed by atoms with van der Waals surface area (Å²) in [5.74, 6) is 0.845. The predicted molar refractivity (Wildman–Crippen MR) is 69.4 cm³/mol. The van der Waals surface area contributed by atoms with Crippen molar-refractivity contribution in [2.45, 2.75) is 40.0 Å². The topological polar surface area (TPSA) is 0 Å². The molecule has 1 aliphatic carbocycles. The smallest absolute Gasteiger partial charge is 0.0270 e. The average molecular weight is 220 g/mol. The molecule has 0 aliphatic heterocycles. The van der Waals surface area contributed by atoms with Crippen molar-refractivity contribution >= 4 is 17.4 Å². The first kappa shape index (κ1) is 10.9.